The highest BCUT2D eigenvalue weighted by Gasteiger charge is 2.25. The van der Waals surface area contributed by atoms with Gasteiger partial charge < -0.3 is 10.6 Å². The second-order valence-corrected chi connectivity index (χ2v) is 6.87. The molecule has 8 heteroatoms. The topological polar surface area (TPSA) is 89.9 Å². The van der Waals surface area contributed by atoms with Gasteiger partial charge >= 0.3 is 0 Å². The van der Waals surface area contributed by atoms with E-state index in [0.717, 1.165) is 42.3 Å². The number of primary amides is 1. The first-order valence-corrected chi connectivity index (χ1v) is 9.05. The summed E-state index contributed by atoms with van der Waals surface area (Å²) in [5, 5.41) is 7.31. The molecule has 0 radical (unpaired) electrons. The lowest BCUT2D eigenvalue weighted by molar-refractivity contribution is 0.0990. The number of amides is 1. The Kier molecular flexibility index (Phi) is 4.19. The Hall–Kier alpha value is -2.74. The predicted octanol–water partition coefficient (Wildman–Crippen LogP) is 2.34. The first-order valence-electron chi connectivity index (χ1n) is 8.17. The molecule has 2 N–H and O–H groups in total. The standard InChI is InChI=1S/C17H18N6OS/c18-15(24)16-19-11-23(21-16)13-7-4-8-22(9-13)17-20-14(10-25-17)12-5-2-1-3-6-12/h1-3,5-6,10-11,13H,4,7-9H2,(H2,18,24). The van der Waals surface area contributed by atoms with E-state index in [-0.39, 0.29) is 11.9 Å². The normalized spacial score (nSPS) is 17.6. The summed E-state index contributed by atoms with van der Waals surface area (Å²) in [6.45, 7) is 1.76. The molecule has 128 valence electrons. The van der Waals surface area contributed by atoms with Crippen LogP contribution in [0.1, 0.15) is 29.5 Å². The van der Waals surface area contributed by atoms with Crippen LogP contribution >= 0.6 is 11.3 Å². The van der Waals surface area contributed by atoms with Crippen LogP contribution in [0.3, 0.4) is 0 Å². The van der Waals surface area contributed by atoms with Crippen LogP contribution < -0.4 is 10.6 Å². The van der Waals surface area contributed by atoms with Crippen molar-refractivity contribution in [2.24, 2.45) is 5.73 Å². The SMILES string of the molecule is NC(=O)c1ncn(C2CCCN(c3nc(-c4ccccc4)cs3)C2)n1. The number of hydrogen-bond donors (Lipinski definition) is 1. The fourth-order valence-corrected chi connectivity index (χ4v) is 3.93. The fraction of sp³-hybridized carbons (Fsp3) is 0.294. The largest absolute Gasteiger partial charge is 0.363 e. The molecule has 1 aliphatic rings. The number of nitrogens with zero attached hydrogens (tertiary/aromatic N) is 5. The Morgan fingerprint density at radius 2 is 2.12 bits per heavy atom. The number of carbonyl (C=O) groups is 1. The highest BCUT2D eigenvalue weighted by atomic mass is 32.1. The fourth-order valence-electron chi connectivity index (χ4n) is 3.06. The molecule has 4 rings (SSSR count). The minimum atomic E-state index is -0.598. The minimum Gasteiger partial charge on any atom is -0.363 e. The summed E-state index contributed by atoms with van der Waals surface area (Å²) in [7, 11) is 0. The Balaban J connectivity index is 1.51. The van der Waals surface area contributed by atoms with Gasteiger partial charge in [-0.15, -0.1) is 16.4 Å². The third-order valence-corrected chi connectivity index (χ3v) is 5.23. The summed E-state index contributed by atoms with van der Waals surface area (Å²) in [6, 6.07) is 10.3. The number of benzene rings is 1. The minimum absolute atomic E-state index is 0.0673. The molecule has 3 heterocycles. The van der Waals surface area contributed by atoms with Crippen LogP contribution in [0.15, 0.2) is 42.0 Å². The van der Waals surface area contributed by atoms with Crippen molar-refractivity contribution < 1.29 is 4.79 Å². The van der Waals surface area contributed by atoms with Gasteiger partial charge in [0.05, 0.1) is 11.7 Å². The van der Waals surface area contributed by atoms with Crippen LogP contribution in [-0.2, 0) is 0 Å². The third-order valence-electron chi connectivity index (χ3n) is 4.33. The Labute approximate surface area is 149 Å². The van der Waals surface area contributed by atoms with Gasteiger partial charge in [0.1, 0.15) is 6.33 Å². The molecule has 1 unspecified atom stereocenters. The lowest BCUT2D eigenvalue weighted by atomic mass is 10.1. The number of rotatable bonds is 4. The van der Waals surface area contributed by atoms with Crippen molar-refractivity contribution in [1.29, 1.82) is 0 Å². The van der Waals surface area contributed by atoms with Crippen molar-refractivity contribution in [2.45, 2.75) is 18.9 Å². The van der Waals surface area contributed by atoms with Crippen molar-refractivity contribution in [1.82, 2.24) is 19.7 Å². The van der Waals surface area contributed by atoms with Crippen molar-refractivity contribution >= 4 is 22.4 Å². The maximum atomic E-state index is 11.2. The number of anilines is 1. The predicted molar refractivity (Wildman–Crippen MR) is 96.6 cm³/mol. The average molecular weight is 354 g/mol. The Morgan fingerprint density at radius 1 is 1.28 bits per heavy atom. The third kappa shape index (κ3) is 3.25. The maximum Gasteiger partial charge on any atom is 0.288 e. The van der Waals surface area contributed by atoms with Gasteiger partial charge in [0.15, 0.2) is 5.13 Å². The summed E-state index contributed by atoms with van der Waals surface area (Å²) in [5.41, 5.74) is 7.36. The van der Waals surface area contributed by atoms with E-state index in [0.29, 0.717) is 0 Å². The molecule has 1 fully saturated rings. The van der Waals surface area contributed by atoms with Crippen molar-refractivity contribution in [3.8, 4) is 11.3 Å². The molecule has 1 saturated heterocycles. The van der Waals surface area contributed by atoms with E-state index in [9.17, 15) is 4.79 Å². The zero-order chi connectivity index (χ0) is 17.2. The summed E-state index contributed by atoms with van der Waals surface area (Å²) < 4.78 is 1.75. The maximum absolute atomic E-state index is 11.2. The van der Waals surface area contributed by atoms with Crippen LogP contribution in [0.2, 0.25) is 0 Å². The van der Waals surface area contributed by atoms with Crippen LogP contribution in [-0.4, -0.2) is 38.7 Å². The lowest BCUT2D eigenvalue weighted by Crippen LogP contribution is -2.36. The molecule has 7 nitrogen and oxygen atoms in total. The smallest absolute Gasteiger partial charge is 0.288 e. The first-order chi connectivity index (χ1) is 12.2. The van der Waals surface area contributed by atoms with Crippen molar-refractivity contribution in [2.75, 3.05) is 18.0 Å². The van der Waals surface area contributed by atoms with Crippen LogP contribution in [0.25, 0.3) is 11.3 Å². The second-order valence-electron chi connectivity index (χ2n) is 6.04. The van der Waals surface area contributed by atoms with Crippen molar-refractivity contribution in [3.05, 3.63) is 47.9 Å². The lowest BCUT2D eigenvalue weighted by Gasteiger charge is -2.32. The molecule has 1 aliphatic heterocycles. The Bertz CT molecular complexity index is 874. The van der Waals surface area contributed by atoms with E-state index < -0.39 is 5.91 Å². The Morgan fingerprint density at radius 3 is 2.88 bits per heavy atom. The van der Waals surface area contributed by atoms with Gasteiger partial charge in [0, 0.05) is 24.0 Å². The number of piperidine rings is 1. The molecular formula is C17H18N6OS. The molecule has 3 aromatic rings. The molecule has 25 heavy (non-hydrogen) atoms. The molecule has 0 bridgehead atoms. The summed E-state index contributed by atoms with van der Waals surface area (Å²) >= 11 is 1.65. The molecule has 1 amide bonds. The van der Waals surface area contributed by atoms with E-state index >= 15 is 0 Å². The number of thiazole rings is 1. The molecule has 0 aliphatic carbocycles. The molecule has 1 atom stereocenters. The second kappa shape index (κ2) is 6.64. The highest BCUT2D eigenvalue weighted by molar-refractivity contribution is 7.14. The average Bonchev–Trinajstić information content (AvgIpc) is 3.33. The molecule has 1 aromatic carbocycles. The van der Waals surface area contributed by atoms with Gasteiger partial charge in [0.2, 0.25) is 5.82 Å². The molecule has 0 saturated carbocycles. The van der Waals surface area contributed by atoms with Gasteiger partial charge in [-0.25, -0.2) is 14.6 Å². The van der Waals surface area contributed by atoms with E-state index in [2.05, 4.69) is 32.5 Å². The summed E-state index contributed by atoms with van der Waals surface area (Å²) in [5.74, 6) is -0.531. The zero-order valence-corrected chi connectivity index (χ0v) is 14.4. The molecule has 0 spiro atoms. The van der Waals surface area contributed by atoms with Crippen molar-refractivity contribution in [3.63, 3.8) is 0 Å². The quantitative estimate of drug-likeness (QED) is 0.777. The van der Waals surface area contributed by atoms with Gasteiger partial charge in [0.25, 0.3) is 5.91 Å². The molecular weight excluding hydrogens is 336 g/mol. The highest BCUT2D eigenvalue weighted by Crippen LogP contribution is 2.31. The van der Waals surface area contributed by atoms with Crippen LogP contribution in [0, 0.1) is 0 Å². The van der Waals surface area contributed by atoms with Gasteiger partial charge in [-0.05, 0) is 12.8 Å². The number of nitrogens with two attached hydrogens (primary N) is 1. The van der Waals surface area contributed by atoms with E-state index in [1.165, 1.54) is 0 Å². The monoisotopic (exact) mass is 354 g/mol. The van der Waals surface area contributed by atoms with Crippen LogP contribution in [0.4, 0.5) is 5.13 Å². The number of carbonyl (C=O) groups excluding carboxylic acids is 1. The van der Waals surface area contributed by atoms with E-state index in [1.54, 1.807) is 22.3 Å². The zero-order valence-electron chi connectivity index (χ0n) is 13.6. The van der Waals surface area contributed by atoms with E-state index in [1.807, 2.05) is 18.2 Å². The van der Waals surface area contributed by atoms with E-state index in [4.69, 9.17) is 10.7 Å². The van der Waals surface area contributed by atoms with Crippen LogP contribution in [0.5, 0.6) is 0 Å². The van der Waals surface area contributed by atoms with Gasteiger partial charge in [-0.3, -0.25) is 4.79 Å². The molecule has 2 aromatic heterocycles. The summed E-state index contributed by atoms with van der Waals surface area (Å²) in [4.78, 5) is 22.2. The first kappa shape index (κ1) is 15.8. The number of aromatic nitrogens is 4. The van der Waals surface area contributed by atoms with Gasteiger partial charge in [-0.2, -0.15) is 0 Å². The van der Waals surface area contributed by atoms with Gasteiger partial charge in [-0.1, -0.05) is 30.3 Å². The number of hydrogen-bond acceptors (Lipinski definition) is 6. The summed E-state index contributed by atoms with van der Waals surface area (Å²) in [6.07, 6.45) is 3.62.